The molecule has 0 unspecified atom stereocenters. The van der Waals surface area contributed by atoms with Gasteiger partial charge in [-0.15, -0.1) is 0 Å². The van der Waals surface area contributed by atoms with E-state index in [0.717, 1.165) is 25.9 Å². The summed E-state index contributed by atoms with van der Waals surface area (Å²) in [6.45, 7) is 3.90. The Labute approximate surface area is 118 Å². The van der Waals surface area contributed by atoms with Crippen LogP contribution in [0.1, 0.15) is 19.8 Å². The highest BCUT2D eigenvalue weighted by Crippen LogP contribution is 2.28. The van der Waals surface area contributed by atoms with Gasteiger partial charge in [0.25, 0.3) is 0 Å². The molecule has 0 bridgehead atoms. The summed E-state index contributed by atoms with van der Waals surface area (Å²) < 4.78 is 5.22. The average Bonchev–Trinajstić information content (AvgIpc) is 2.92. The highest BCUT2D eigenvalue weighted by atomic mass is 35.5. The number of halogens is 1. The fourth-order valence-electron chi connectivity index (χ4n) is 2.31. The van der Waals surface area contributed by atoms with Gasteiger partial charge in [-0.3, -0.25) is 9.69 Å². The number of methoxy groups -OCH3 is 1. The molecule has 4 nitrogen and oxygen atoms in total. The van der Waals surface area contributed by atoms with Crippen molar-refractivity contribution in [2.75, 3.05) is 25.5 Å². The number of rotatable bonds is 4. The van der Waals surface area contributed by atoms with Gasteiger partial charge in [0.15, 0.2) is 0 Å². The third kappa shape index (κ3) is 3.39. The molecular formula is C14H19ClN2O2. The molecule has 1 aliphatic rings. The predicted molar refractivity (Wildman–Crippen MR) is 76.9 cm³/mol. The van der Waals surface area contributed by atoms with Gasteiger partial charge < -0.3 is 10.1 Å². The summed E-state index contributed by atoms with van der Waals surface area (Å²) in [5, 5.41) is 3.46. The molecule has 0 spiro atoms. The summed E-state index contributed by atoms with van der Waals surface area (Å²) >= 11 is 5.95. The lowest BCUT2D eigenvalue weighted by Gasteiger charge is -2.23. The van der Waals surface area contributed by atoms with Crippen LogP contribution in [0.15, 0.2) is 18.2 Å². The Kier molecular flexibility index (Phi) is 4.66. The number of anilines is 1. The number of hydrogen-bond donors (Lipinski definition) is 1. The molecule has 1 atom stereocenters. The van der Waals surface area contributed by atoms with Crippen molar-refractivity contribution in [3.8, 4) is 5.75 Å². The Morgan fingerprint density at radius 3 is 2.74 bits per heavy atom. The first-order valence-electron chi connectivity index (χ1n) is 6.50. The van der Waals surface area contributed by atoms with Crippen LogP contribution < -0.4 is 10.1 Å². The lowest BCUT2D eigenvalue weighted by Crippen LogP contribution is -2.40. The van der Waals surface area contributed by atoms with Gasteiger partial charge in [-0.05, 0) is 51.1 Å². The molecular weight excluding hydrogens is 264 g/mol. The van der Waals surface area contributed by atoms with E-state index in [9.17, 15) is 4.79 Å². The second kappa shape index (κ2) is 6.26. The second-order valence-electron chi connectivity index (χ2n) is 4.75. The summed E-state index contributed by atoms with van der Waals surface area (Å²) in [7, 11) is 1.57. The number of hydrogen-bond acceptors (Lipinski definition) is 3. The van der Waals surface area contributed by atoms with Crippen molar-refractivity contribution in [3.05, 3.63) is 23.2 Å². The Balaban J connectivity index is 2.07. The van der Waals surface area contributed by atoms with Crippen molar-refractivity contribution in [2.45, 2.75) is 25.8 Å². The van der Waals surface area contributed by atoms with E-state index in [4.69, 9.17) is 16.3 Å². The maximum Gasteiger partial charge on any atom is 0.241 e. The number of nitrogens with zero attached hydrogens (tertiary/aromatic N) is 1. The summed E-state index contributed by atoms with van der Waals surface area (Å²) in [5.74, 6) is 0.592. The minimum absolute atomic E-state index is 0.0255. The van der Waals surface area contributed by atoms with Crippen LogP contribution in [0.2, 0.25) is 5.02 Å². The number of benzene rings is 1. The lowest BCUT2D eigenvalue weighted by molar-refractivity contribution is -0.120. The Hall–Kier alpha value is -1.26. The zero-order valence-electron chi connectivity index (χ0n) is 11.3. The SMILES string of the molecule is COc1ccc(Cl)cc1NC(=O)[C@H](C)N1CCCC1. The molecule has 1 aliphatic heterocycles. The van der Waals surface area contributed by atoms with Crippen LogP contribution in [0.5, 0.6) is 5.75 Å². The van der Waals surface area contributed by atoms with E-state index in [1.54, 1.807) is 25.3 Å². The lowest BCUT2D eigenvalue weighted by atomic mass is 10.2. The fourth-order valence-corrected chi connectivity index (χ4v) is 2.48. The average molecular weight is 283 g/mol. The summed E-state index contributed by atoms with van der Waals surface area (Å²) in [6, 6.07) is 5.05. The van der Waals surface area contributed by atoms with Crippen LogP contribution in [-0.4, -0.2) is 37.0 Å². The molecule has 2 rings (SSSR count). The molecule has 1 fully saturated rings. The van der Waals surface area contributed by atoms with E-state index < -0.39 is 0 Å². The molecule has 19 heavy (non-hydrogen) atoms. The zero-order chi connectivity index (χ0) is 13.8. The van der Waals surface area contributed by atoms with Gasteiger partial charge in [0.2, 0.25) is 5.91 Å². The van der Waals surface area contributed by atoms with E-state index in [2.05, 4.69) is 10.2 Å². The second-order valence-corrected chi connectivity index (χ2v) is 5.19. The maximum atomic E-state index is 12.2. The standard InChI is InChI=1S/C14H19ClN2O2/c1-10(17-7-3-4-8-17)14(18)16-12-9-11(15)5-6-13(12)19-2/h5-6,9-10H,3-4,7-8H2,1-2H3,(H,16,18)/t10-/m0/s1. The van der Waals surface area contributed by atoms with Crippen molar-refractivity contribution in [1.29, 1.82) is 0 Å². The molecule has 1 aromatic rings. The van der Waals surface area contributed by atoms with Crippen LogP contribution in [0.25, 0.3) is 0 Å². The fraction of sp³-hybridized carbons (Fsp3) is 0.500. The van der Waals surface area contributed by atoms with E-state index >= 15 is 0 Å². The quantitative estimate of drug-likeness (QED) is 0.923. The molecule has 0 saturated carbocycles. The van der Waals surface area contributed by atoms with Gasteiger partial charge in [-0.1, -0.05) is 11.6 Å². The van der Waals surface area contributed by atoms with Crippen LogP contribution in [0, 0.1) is 0 Å². The van der Waals surface area contributed by atoms with Gasteiger partial charge in [-0.2, -0.15) is 0 Å². The van der Waals surface area contributed by atoms with Crippen molar-refractivity contribution in [2.24, 2.45) is 0 Å². The van der Waals surface area contributed by atoms with Crippen LogP contribution in [0.3, 0.4) is 0 Å². The largest absolute Gasteiger partial charge is 0.495 e. The third-order valence-electron chi connectivity index (χ3n) is 3.49. The van der Waals surface area contributed by atoms with Gasteiger partial charge in [0, 0.05) is 5.02 Å². The smallest absolute Gasteiger partial charge is 0.241 e. The molecule has 5 heteroatoms. The molecule has 0 radical (unpaired) electrons. The van der Waals surface area contributed by atoms with E-state index in [-0.39, 0.29) is 11.9 Å². The first kappa shape index (κ1) is 14.2. The highest BCUT2D eigenvalue weighted by molar-refractivity contribution is 6.31. The van der Waals surface area contributed by atoms with E-state index in [1.165, 1.54) is 0 Å². The molecule has 1 N–H and O–H groups in total. The zero-order valence-corrected chi connectivity index (χ0v) is 12.0. The first-order valence-corrected chi connectivity index (χ1v) is 6.88. The van der Waals surface area contributed by atoms with Crippen molar-refractivity contribution in [1.82, 2.24) is 4.90 Å². The Morgan fingerprint density at radius 2 is 2.11 bits per heavy atom. The highest BCUT2D eigenvalue weighted by Gasteiger charge is 2.24. The van der Waals surface area contributed by atoms with Crippen molar-refractivity contribution < 1.29 is 9.53 Å². The first-order chi connectivity index (χ1) is 9.11. The minimum Gasteiger partial charge on any atom is -0.495 e. The Morgan fingerprint density at radius 1 is 1.42 bits per heavy atom. The predicted octanol–water partition coefficient (Wildman–Crippen LogP) is 2.77. The van der Waals surface area contributed by atoms with Gasteiger partial charge in [0.1, 0.15) is 5.75 Å². The Bertz CT molecular complexity index is 459. The molecule has 104 valence electrons. The maximum absolute atomic E-state index is 12.2. The molecule has 1 saturated heterocycles. The summed E-state index contributed by atoms with van der Waals surface area (Å²) in [5.41, 5.74) is 0.617. The number of nitrogens with one attached hydrogen (secondary N) is 1. The molecule has 1 amide bonds. The molecule has 1 heterocycles. The van der Waals surface area contributed by atoms with Gasteiger partial charge in [-0.25, -0.2) is 0 Å². The molecule has 0 aliphatic carbocycles. The van der Waals surface area contributed by atoms with Crippen molar-refractivity contribution >= 4 is 23.2 Å². The number of carbonyl (C=O) groups excluding carboxylic acids is 1. The van der Waals surface area contributed by atoms with Crippen LogP contribution in [-0.2, 0) is 4.79 Å². The van der Waals surface area contributed by atoms with Crippen molar-refractivity contribution in [3.63, 3.8) is 0 Å². The number of likely N-dealkylation sites (tertiary alicyclic amines) is 1. The number of amides is 1. The minimum atomic E-state index is -0.133. The number of ether oxygens (including phenoxy) is 1. The third-order valence-corrected chi connectivity index (χ3v) is 3.72. The number of carbonyl (C=O) groups is 1. The topological polar surface area (TPSA) is 41.6 Å². The molecule has 0 aromatic heterocycles. The van der Waals surface area contributed by atoms with Gasteiger partial charge >= 0.3 is 0 Å². The summed E-state index contributed by atoms with van der Waals surface area (Å²) in [6.07, 6.45) is 2.33. The monoisotopic (exact) mass is 282 g/mol. The normalized spacial score (nSPS) is 17.2. The summed E-state index contributed by atoms with van der Waals surface area (Å²) in [4.78, 5) is 14.4. The van der Waals surface area contributed by atoms with Crippen LogP contribution >= 0.6 is 11.6 Å². The van der Waals surface area contributed by atoms with Gasteiger partial charge in [0.05, 0.1) is 18.8 Å². The van der Waals surface area contributed by atoms with E-state index in [1.807, 2.05) is 6.92 Å². The van der Waals surface area contributed by atoms with E-state index in [0.29, 0.717) is 16.5 Å². The van der Waals surface area contributed by atoms with Crippen LogP contribution in [0.4, 0.5) is 5.69 Å². The molecule has 1 aromatic carbocycles.